The van der Waals surface area contributed by atoms with Gasteiger partial charge in [-0.05, 0) is 61.8 Å². The van der Waals surface area contributed by atoms with Crippen LogP contribution in [0.3, 0.4) is 0 Å². The number of halogens is 1. The minimum Gasteiger partial charge on any atom is -0.387 e. The number of benzene rings is 2. The van der Waals surface area contributed by atoms with Gasteiger partial charge in [0.15, 0.2) is 0 Å². The first kappa shape index (κ1) is 20.5. The van der Waals surface area contributed by atoms with Crippen molar-refractivity contribution in [3.05, 3.63) is 47.0 Å². The number of aliphatic hydroxyl groups excluding tert-OH is 1. The van der Waals surface area contributed by atoms with Crippen LogP contribution in [-0.2, 0) is 0 Å². The molecule has 0 saturated heterocycles. The molecule has 0 saturated carbocycles. The SMILES string of the molecule is CCCCN(CCCC)CC(O)c1ccc2c(c1)Nc1cc(Cl)ccc1S2. The summed E-state index contributed by atoms with van der Waals surface area (Å²) in [5.41, 5.74) is 3.03. The molecule has 1 unspecified atom stereocenters. The second-order valence-electron chi connectivity index (χ2n) is 7.15. The number of fused-ring (bicyclic) bond motifs is 2. The second kappa shape index (κ2) is 9.83. The van der Waals surface area contributed by atoms with Gasteiger partial charge in [0, 0.05) is 21.4 Å². The van der Waals surface area contributed by atoms with E-state index in [1.54, 1.807) is 11.8 Å². The van der Waals surface area contributed by atoms with Crippen molar-refractivity contribution in [2.24, 2.45) is 0 Å². The summed E-state index contributed by atoms with van der Waals surface area (Å²) in [5, 5.41) is 15.0. The van der Waals surface area contributed by atoms with Crippen LogP contribution < -0.4 is 5.32 Å². The second-order valence-corrected chi connectivity index (χ2v) is 8.67. The molecule has 1 aliphatic heterocycles. The molecule has 1 atom stereocenters. The lowest BCUT2D eigenvalue weighted by atomic mass is 10.1. The third-order valence-electron chi connectivity index (χ3n) is 4.91. The Bertz CT molecular complexity index is 760. The largest absolute Gasteiger partial charge is 0.387 e. The highest BCUT2D eigenvalue weighted by Crippen LogP contribution is 2.45. The normalized spacial score (nSPS) is 13.8. The van der Waals surface area contributed by atoms with E-state index in [1.165, 1.54) is 35.5 Å². The van der Waals surface area contributed by atoms with Crippen LogP contribution in [0, 0.1) is 0 Å². The van der Waals surface area contributed by atoms with Gasteiger partial charge in [-0.15, -0.1) is 0 Å². The molecule has 0 spiro atoms. The summed E-state index contributed by atoms with van der Waals surface area (Å²) in [6.45, 7) is 7.22. The lowest BCUT2D eigenvalue weighted by molar-refractivity contribution is 0.111. The molecule has 2 aromatic rings. The van der Waals surface area contributed by atoms with Crippen LogP contribution in [0.1, 0.15) is 51.2 Å². The minimum atomic E-state index is -0.475. The van der Waals surface area contributed by atoms with Gasteiger partial charge in [-0.1, -0.05) is 56.1 Å². The molecule has 0 radical (unpaired) electrons. The van der Waals surface area contributed by atoms with Crippen molar-refractivity contribution in [3.63, 3.8) is 0 Å². The highest BCUT2D eigenvalue weighted by Gasteiger charge is 2.19. The molecule has 0 bridgehead atoms. The Hall–Kier alpha value is -1.20. The number of nitrogens with zero attached hydrogens (tertiary/aromatic N) is 1. The fourth-order valence-corrected chi connectivity index (χ4v) is 4.42. The van der Waals surface area contributed by atoms with Crippen LogP contribution in [0.4, 0.5) is 11.4 Å². The summed E-state index contributed by atoms with van der Waals surface area (Å²) in [4.78, 5) is 4.74. The van der Waals surface area contributed by atoms with Crippen LogP contribution in [0.5, 0.6) is 0 Å². The molecule has 0 amide bonds. The van der Waals surface area contributed by atoms with Gasteiger partial charge < -0.3 is 15.3 Å². The number of anilines is 2. The molecule has 3 nitrogen and oxygen atoms in total. The molecule has 2 N–H and O–H groups in total. The topological polar surface area (TPSA) is 35.5 Å². The molecule has 2 aromatic carbocycles. The summed E-state index contributed by atoms with van der Waals surface area (Å²) in [6.07, 6.45) is 4.24. The Morgan fingerprint density at radius 2 is 1.63 bits per heavy atom. The zero-order chi connectivity index (χ0) is 19.2. The molecule has 0 aliphatic carbocycles. The number of hydrogen-bond acceptors (Lipinski definition) is 4. The number of rotatable bonds is 9. The van der Waals surface area contributed by atoms with E-state index in [0.29, 0.717) is 6.54 Å². The van der Waals surface area contributed by atoms with Gasteiger partial charge in [0.05, 0.1) is 17.5 Å². The van der Waals surface area contributed by atoms with E-state index in [1.807, 2.05) is 18.2 Å². The molecular weight excluding hydrogens is 376 g/mol. The molecule has 1 heterocycles. The van der Waals surface area contributed by atoms with Gasteiger partial charge in [0.1, 0.15) is 0 Å². The lowest BCUT2D eigenvalue weighted by Crippen LogP contribution is -2.30. The number of hydrogen-bond donors (Lipinski definition) is 2. The Balaban J connectivity index is 1.71. The monoisotopic (exact) mass is 404 g/mol. The van der Waals surface area contributed by atoms with Crippen molar-refractivity contribution in [3.8, 4) is 0 Å². The summed E-state index contributed by atoms with van der Waals surface area (Å²) in [6, 6.07) is 12.1. The molecule has 5 heteroatoms. The van der Waals surface area contributed by atoms with Gasteiger partial charge in [0.25, 0.3) is 0 Å². The van der Waals surface area contributed by atoms with E-state index in [0.717, 1.165) is 35.1 Å². The van der Waals surface area contributed by atoms with E-state index >= 15 is 0 Å². The minimum absolute atomic E-state index is 0.475. The van der Waals surface area contributed by atoms with Gasteiger partial charge in [-0.25, -0.2) is 0 Å². The predicted molar refractivity (Wildman–Crippen MR) is 117 cm³/mol. The van der Waals surface area contributed by atoms with Crippen LogP contribution in [0.25, 0.3) is 0 Å². The summed E-state index contributed by atoms with van der Waals surface area (Å²) >= 11 is 7.87. The summed E-state index contributed by atoms with van der Waals surface area (Å²) in [7, 11) is 0. The van der Waals surface area contributed by atoms with E-state index in [4.69, 9.17) is 11.6 Å². The van der Waals surface area contributed by atoms with Crippen molar-refractivity contribution >= 4 is 34.7 Å². The van der Waals surface area contributed by atoms with Crippen molar-refractivity contribution in [2.45, 2.75) is 55.4 Å². The Morgan fingerprint density at radius 1 is 1.00 bits per heavy atom. The lowest BCUT2D eigenvalue weighted by Gasteiger charge is -2.26. The Kier molecular flexibility index (Phi) is 7.48. The van der Waals surface area contributed by atoms with Crippen LogP contribution in [-0.4, -0.2) is 29.6 Å². The highest BCUT2D eigenvalue weighted by molar-refractivity contribution is 7.99. The average Bonchev–Trinajstić information content (AvgIpc) is 2.67. The maximum absolute atomic E-state index is 10.8. The maximum Gasteiger partial charge on any atom is 0.0917 e. The van der Waals surface area contributed by atoms with Crippen molar-refractivity contribution < 1.29 is 5.11 Å². The van der Waals surface area contributed by atoms with Crippen molar-refractivity contribution in [2.75, 3.05) is 25.0 Å². The number of unbranched alkanes of at least 4 members (excludes halogenated alkanes) is 2. The van der Waals surface area contributed by atoms with Crippen LogP contribution >= 0.6 is 23.4 Å². The molecule has 146 valence electrons. The van der Waals surface area contributed by atoms with Gasteiger partial charge in [-0.2, -0.15) is 0 Å². The molecule has 27 heavy (non-hydrogen) atoms. The smallest absolute Gasteiger partial charge is 0.0917 e. The van der Waals surface area contributed by atoms with E-state index in [-0.39, 0.29) is 0 Å². The summed E-state index contributed by atoms with van der Waals surface area (Å²) in [5.74, 6) is 0. The molecule has 0 aromatic heterocycles. The number of aliphatic hydroxyl groups is 1. The highest BCUT2D eigenvalue weighted by atomic mass is 35.5. The predicted octanol–water partition coefficient (Wildman–Crippen LogP) is 6.48. The first-order valence-electron chi connectivity index (χ1n) is 9.89. The standard InChI is InChI=1S/C22H29ClN2OS/c1-3-5-11-25(12-6-4-2)15-20(26)16-7-9-21-18(13-16)24-19-14-17(23)8-10-22(19)27-21/h7-10,13-14,20,24,26H,3-6,11-12,15H2,1-2H3. The molecular formula is C22H29ClN2OS. The quantitative estimate of drug-likeness (QED) is 0.427. The average molecular weight is 405 g/mol. The fraction of sp³-hybridized carbons (Fsp3) is 0.455. The zero-order valence-electron chi connectivity index (χ0n) is 16.2. The third-order valence-corrected chi connectivity index (χ3v) is 6.29. The Labute approximate surface area is 172 Å². The van der Waals surface area contributed by atoms with Gasteiger partial charge in [-0.3, -0.25) is 0 Å². The Morgan fingerprint density at radius 3 is 2.30 bits per heavy atom. The molecule has 3 rings (SSSR count). The van der Waals surface area contributed by atoms with Crippen molar-refractivity contribution in [1.29, 1.82) is 0 Å². The van der Waals surface area contributed by atoms with E-state index in [2.05, 4.69) is 42.3 Å². The van der Waals surface area contributed by atoms with Gasteiger partial charge in [0.2, 0.25) is 0 Å². The van der Waals surface area contributed by atoms with E-state index in [9.17, 15) is 5.11 Å². The zero-order valence-corrected chi connectivity index (χ0v) is 17.7. The van der Waals surface area contributed by atoms with Crippen LogP contribution in [0.2, 0.25) is 5.02 Å². The van der Waals surface area contributed by atoms with Crippen molar-refractivity contribution in [1.82, 2.24) is 4.90 Å². The van der Waals surface area contributed by atoms with E-state index < -0.39 is 6.10 Å². The molecule has 1 aliphatic rings. The van der Waals surface area contributed by atoms with Gasteiger partial charge >= 0.3 is 0 Å². The number of nitrogens with one attached hydrogen (secondary N) is 1. The third kappa shape index (κ3) is 5.41. The first-order valence-corrected chi connectivity index (χ1v) is 11.1. The van der Waals surface area contributed by atoms with Crippen LogP contribution in [0.15, 0.2) is 46.2 Å². The fourth-order valence-electron chi connectivity index (χ4n) is 3.30. The summed E-state index contributed by atoms with van der Waals surface area (Å²) < 4.78 is 0. The maximum atomic E-state index is 10.8. The first-order chi connectivity index (χ1) is 13.1. The molecule has 0 fully saturated rings.